The summed E-state index contributed by atoms with van der Waals surface area (Å²) in [7, 11) is 1.82. The van der Waals surface area contributed by atoms with Crippen molar-refractivity contribution in [1.29, 1.82) is 0 Å². The zero-order chi connectivity index (χ0) is 10.8. The Kier molecular flexibility index (Phi) is 9.42. The third kappa shape index (κ3) is 7.34. The van der Waals surface area contributed by atoms with Crippen molar-refractivity contribution in [2.45, 2.75) is 65.0 Å². The third-order valence-electron chi connectivity index (χ3n) is 2.75. The lowest BCUT2D eigenvalue weighted by atomic mass is 10.1. The van der Waals surface area contributed by atoms with Gasteiger partial charge in [-0.1, -0.05) is 20.3 Å². The second-order valence-electron chi connectivity index (χ2n) is 4.05. The zero-order valence-electron chi connectivity index (χ0n) is 10.3. The fraction of sp³-hybridized carbons (Fsp3) is 1.00. The van der Waals surface area contributed by atoms with Crippen LogP contribution in [0.5, 0.6) is 0 Å². The fourth-order valence-electron chi connectivity index (χ4n) is 1.52. The van der Waals surface area contributed by atoms with Gasteiger partial charge in [-0.15, -0.1) is 0 Å². The van der Waals surface area contributed by atoms with Crippen molar-refractivity contribution in [3.63, 3.8) is 0 Å². The van der Waals surface area contributed by atoms with Crippen molar-refractivity contribution in [1.82, 2.24) is 5.32 Å². The minimum Gasteiger partial charge on any atom is -0.381 e. The largest absolute Gasteiger partial charge is 0.381 e. The van der Waals surface area contributed by atoms with E-state index in [9.17, 15) is 0 Å². The van der Waals surface area contributed by atoms with Crippen LogP contribution in [0.1, 0.15) is 52.9 Å². The lowest BCUT2D eigenvalue weighted by molar-refractivity contribution is 0.0854. The van der Waals surface area contributed by atoms with E-state index in [1.807, 2.05) is 7.11 Å². The van der Waals surface area contributed by atoms with Crippen LogP contribution in [0.3, 0.4) is 0 Å². The van der Waals surface area contributed by atoms with Gasteiger partial charge in [0.25, 0.3) is 0 Å². The van der Waals surface area contributed by atoms with Crippen LogP contribution >= 0.6 is 0 Å². The van der Waals surface area contributed by atoms with Gasteiger partial charge in [0.1, 0.15) is 0 Å². The highest BCUT2D eigenvalue weighted by atomic mass is 16.5. The minimum absolute atomic E-state index is 0.471. The Balaban J connectivity index is 3.32. The summed E-state index contributed by atoms with van der Waals surface area (Å²) in [5, 5.41) is 3.50. The number of nitrogens with one attached hydrogen (secondary N) is 1. The minimum atomic E-state index is 0.471. The summed E-state index contributed by atoms with van der Waals surface area (Å²) < 4.78 is 5.40. The maximum Gasteiger partial charge on any atom is 0.0571 e. The number of rotatable bonds is 9. The molecule has 2 nitrogen and oxygen atoms in total. The molecule has 86 valence electrons. The lowest BCUT2D eigenvalue weighted by Crippen LogP contribution is -2.26. The first-order valence-corrected chi connectivity index (χ1v) is 6.00. The third-order valence-corrected chi connectivity index (χ3v) is 2.75. The summed E-state index contributed by atoms with van der Waals surface area (Å²) in [5.41, 5.74) is 0. The SMILES string of the molecule is CCCC(CCCNC(C)CC)OC. The number of hydrogen-bond donors (Lipinski definition) is 1. The van der Waals surface area contributed by atoms with E-state index < -0.39 is 0 Å². The molecule has 0 aromatic heterocycles. The Morgan fingerprint density at radius 1 is 1.21 bits per heavy atom. The van der Waals surface area contributed by atoms with Crippen molar-refractivity contribution in [3.05, 3.63) is 0 Å². The standard InChI is InChI=1S/C12H27NO/c1-5-8-12(14-4)9-7-10-13-11(3)6-2/h11-13H,5-10H2,1-4H3. The van der Waals surface area contributed by atoms with Crippen LogP contribution in [0.15, 0.2) is 0 Å². The van der Waals surface area contributed by atoms with Gasteiger partial charge in [-0.3, -0.25) is 0 Å². The van der Waals surface area contributed by atoms with E-state index >= 15 is 0 Å². The van der Waals surface area contributed by atoms with E-state index in [0.717, 1.165) is 6.54 Å². The van der Waals surface area contributed by atoms with Gasteiger partial charge in [0.2, 0.25) is 0 Å². The normalized spacial score (nSPS) is 15.4. The fourth-order valence-corrected chi connectivity index (χ4v) is 1.52. The first kappa shape index (κ1) is 13.9. The summed E-state index contributed by atoms with van der Waals surface area (Å²) in [6.45, 7) is 7.79. The molecule has 0 aliphatic rings. The van der Waals surface area contributed by atoms with E-state index in [4.69, 9.17) is 4.74 Å². The Hall–Kier alpha value is -0.0800. The van der Waals surface area contributed by atoms with Crippen LogP contribution in [-0.2, 0) is 4.74 Å². The van der Waals surface area contributed by atoms with Crippen LogP contribution in [0.4, 0.5) is 0 Å². The monoisotopic (exact) mass is 201 g/mol. The number of ether oxygens (including phenoxy) is 1. The molecule has 0 rings (SSSR count). The molecular weight excluding hydrogens is 174 g/mol. The van der Waals surface area contributed by atoms with E-state index in [0.29, 0.717) is 12.1 Å². The summed E-state index contributed by atoms with van der Waals surface area (Å²) >= 11 is 0. The van der Waals surface area contributed by atoms with Gasteiger partial charge in [-0.05, 0) is 39.2 Å². The van der Waals surface area contributed by atoms with Crippen molar-refractivity contribution < 1.29 is 4.74 Å². The Labute approximate surface area is 89.4 Å². The van der Waals surface area contributed by atoms with Gasteiger partial charge < -0.3 is 10.1 Å². The first-order chi connectivity index (χ1) is 6.74. The van der Waals surface area contributed by atoms with Crippen molar-refractivity contribution in [2.75, 3.05) is 13.7 Å². The topological polar surface area (TPSA) is 21.3 Å². The predicted octanol–water partition coefficient (Wildman–Crippen LogP) is 2.97. The summed E-state index contributed by atoms with van der Waals surface area (Å²) in [4.78, 5) is 0. The average molecular weight is 201 g/mol. The van der Waals surface area contributed by atoms with Crippen molar-refractivity contribution in [3.8, 4) is 0 Å². The van der Waals surface area contributed by atoms with Gasteiger partial charge in [0, 0.05) is 13.2 Å². The molecule has 2 heteroatoms. The van der Waals surface area contributed by atoms with Gasteiger partial charge in [-0.2, -0.15) is 0 Å². The maximum absolute atomic E-state index is 5.40. The molecule has 0 radical (unpaired) electrons. The Morgan fingerprint density at radius 2 is 1.93 bits per heavy atom. The molecule has 0 saturated carbocycles. The smallest absolute Gasteiger partial charge is 0.0571 e. The van der Waals surface area contributed by atoms with Gasteiger partial charge >= 0.3 is 0 Å². The van der Waals surface area contributed by atoms with Crippen LogP contribution in [0.25, 0.3) is 0 Å². The molecule has 0 bridgehead atoms. The molecule has 14 heavy (non-hydrogen) atoms. The Bertz CT molecular complexity index is 117. The molecule has 0 amide bonds. The van der Waals surface area contributed by atoms with E-state index in [1.54, 1.807) is 0 Å². The molecule has 0 fully saturated rings. The highest BCUT2D eigenvalue weighted by molar-refractivity contribution is 4.61. The molecule has 0 aromatic rings. The van der Waals surface area contributed by atoms with Crippen LogP contribution in [-0.4, -0.2) is 25.8 Å². The number of hydrogen-bond acceptors (Lipinski definition) is 2. The lowest BCUT2D eigenvalue weighted by Gasteiger charge is -2.15. The van der Waals surface area contributed by atoms with Crippen LogP contribution in [0.2, 0.25) is 0 Å². The maximum atomic E-state index is 5.40. The van der Waals surface area contributed by atoms with Gasteiger partial charge in [0.15, 0.2) is 0 Å². The summed E-state index contributed by atoms with van der Waals surface area (Å²) in [6, 6.07) is 0.655. The quantitative estimate of drug-likeness (QED) is 0.579. The molecule has 0 aliphatic heterocycles. The van der Waals surface area contributed by atoms with Crippen LogP contribution in [0, 0.1) is 0 Å². The molecule has 0 spiro atoms. The Morgan fingerprint density at radius 3 is 2.43 bits per heavy atom. The molecule has 1 N–H and O–H groups in total. The highest BCUT2D eigenvalue weighted by Crippen LogP contribution is 2.07. The van der Waals surface area contributed by atoms with E-state index in [1.165, 1.54) is 32.1 Å². The van der Waals surface area contributed by atoms with Gasteiger partial charge in [0.05, 0.1) is 6.10 Å². The van der Waals surface area contributed by atoms with E-state index in [2.05, 4.69) is 26.1 Å². The average Bonchev–Trinajstić information content (AvgIpc) is 2.22. The van der Waals surface area contributed by atoms with Crippen LogP contribution < -0.4 is 5.32 Å². The molecule has 2 unspecified atom stereocenters. The molecule has 0 heterocycles. The molecule has 0 aromatic carbocycles. The van der Waals surface area contributed by atoms with Crippen molar-refractivity contribution >= 4 is 0 Å². The first-order valence-electron chi connectivity index (χ1n) is 6.00. The predicted molar refractivity (Wildman–Crippen MR) is 62.7 cm³/mol. The second-order valence-corrected chi connectivity index (χ2v) is 4.05. The molecule has 2 atom stereocenters. The zero-order valence-corrected chi connectivity index (χ0v) is 10.3. The molecule has 0 saturated heterocycles. The summed E-state index contributed by atoms with van der Waals surface area (Å²) in [6.07, 6.45) is 6.51. The van der Waals surface area contributed by atoms with Crippen molar-refractivity contribution in [2.24, 2.45) is 0 Å². The van der Waals surface area contributed by atoms with E-state index in [-0.39, 0.29) is 0 Å². The van der Waals surface area contributed by atoms with Gasteiger partial charge in [-0.25, -0.2) is 0 Å². The molecule has 0 aliphatic carbocycles. The highest BCUT2D eigenvalue weighted by Gasteiger charge is 2.05. The summed E-state index contributed by atoms with van der Waals surface area (Å²) in [5.74, 6) is 0. The second kappa shape index (κ2) is 9.47. The molecular formula is C12H27NO. The number of methoxy groups -OCH3 is 1.